The van der Waals surface area contributed by atoms with Crippen molar-refractivity contribution in [2.24, 2.45) is 0 Å². The van der Waals surface area contributed by atoms with Crippen molar-refractivity contribution in [3.63, 3.8) is 0 Å². The van der Waals surface area contributed by atoms with E-state index in [1.807, 2.05) is 11.9 Å². The summed E-state index contributed by atoms with van der Waals surface area (Å²) < 4.78 is 38.4. The van der Waals surface area contributed by atoms with Crippen LogP contribution < -0.4 is 0 Å². The van der Waals surface area contributed by atoms with E-state index in [-0.39, 0.29) is 0 Å². The van der Waals surface area contributed by atoms with Gasteiger partial charge in [-0.05, 0) is 31.6 Å². The molecule has 0 heterocycles. The average molecular weight is 259 g/mol. The maximum absolute atomic E-state index is 12.8. The maximum atomic E-state index is 12.8. The van der Waals surface area contributed by atoms with Gasteiger partial charge < -0.3 is 4.90 Å². The van der Waals surface area contributed by atoms with E-state index < -0.39 is 11.7 Å². The monoisotopic (exact) mass is 259 g/mol. The van der Waals surface area contributed by atoms with E-state index in [9.17, 15) is 13.2 Å². The molecule has 0 radical (unpaired) electrons. The van der Waals surface area contributed by atoms with Crippen LogP contribution in [0.3, 0.4) is 0 Å². The number of halogens is 3. The zero-order valence-corrected chi connectivity index (χ0v) is 10.9. The van der Waals surface area contributed by atoms with Crippen LogP contribution in [-0.4, -0.2) is 18.5 Å². The van der Waals surface area contributed by atoms with E-state index in [1.165, 1.54) is 6.07 Å². The number of benzene rings is 1. The summed E-state index contributed by atoms with van der Waals surface area (Å²) in [7, 11) is 1.86. The van der Waals surface area contributed by atoms with Crippen molar-refractivity contribution in [3.8, 4) is 0 Å². The Bertz CT molecular complexity index is 360. The van der Waals surface area contributed by atoms with E-state index in [1.54, 1.807) is 12.1 Å². The second-order valence-electron chi connectivity index (χ2n) is 4.60. The molecule has 1 aromatic rings. The molecule has 0 N–H and O–H groups in total. The number of nitrogens with zero attached hydrogens (tertiary/aromatic N) is 1. The summed E-state index contributed by atoms with van der Waals surface area (Å²) >= 11 is 0. The van der Waals surface area contributed by atoms with Crippen LogP contribution in [0.2, 0.25) is 0 Å². The fourth-order valence-electron chi connectivity index (χ4n) is 1.94. The van der Waals surface area contributed by atoms with E-state index in [0.29, 0.717) is 12.1 Å². The average Bonchev–Trinajstić information content (AvgIpc) is 2.28. The SMILES string of the molecule is CCCCCN(C)Cc1ccccc1C(F)(F)F. The summed E-state index contributed by atoms with van der Waals surface area (Å²) in [6.45, 7) is 3.29. The third-order valence-electron chi connectivity index (χ3n) is 2.91. The minimum atomic E-state index is -4.26. The molecule has 0 bridgehead atoms. The van der Waals surface area contributed by atoms with Gasteiger partial charge in [0.25, 0.3) is 0 Å². The first-order valence-electron chi connectivity index (χ1n) is 6.28. The van der Waals surface area contributed by atoms with E-state index in [4.69, 9.17) is 0 Å². The molecule has 0 aliphatic rings. The molecule has 1 rings (SSSR count). The van der Waals surface area contributed by atoms with Crippen LogP contribution in [0.4, 0.5) is 13.2 Å². The van der Waals surface area contributed by atoms with Gasteiger partial charge in [0.1, 0.15) is 0 Å². The molecule has 0 fully saturated rings. The zero-order valence-electron chi connectivity index (χ0n) is 10.9. The van der Waals surface area contributed by atoms with Crippen LogP contribution in [0, 0.1) is 0 Å². The second kappa shape index (κ2) is 6.78. The van der Waals surface area contributed by atoms with Gasteiger partial charge in [0.05, 0.1) is 5.56 Å². The highest BCUT2D eigenvalue weighted by atomic mass is 19.4. The zero-order chi connectivity index (χ0) is 13.6. The van der Waals surface area contributed by atoms with Crippen molar-refractivity contribution in [1.82, 2.24) is 4.90 Å². The first-order chi connectivity index (χ1) is 8.45. The van der Waals surface area contributed by atoms with E-state index in [0.717, 1.165) is 31.9 Å². The molecule has 18 heavy (non-hydrogen) atoms. The fourth-order valence-corrected chi connectivity index (χ4v) is 1.94. The number of hydrogen-bond acceptors (Lipinski definition) is 1. The van der Waals surface area contributed by atoms with Crippen LogP contribution in [0.5, 0.6) is 0 Å². The highest BCUT2D eigenvalue weighted by Gasteiger charge is 2.32. The van der Waals surface area contributed by atoms with Gasteiger partial charge in [-0.2, -0.15) is 13.2 Å². The number of unbranched alkanes of at least 4 members (excludes halogenated alkanes) is 2. The molecule has 0 unspecified atom stereocenters. The molecule has 0 aromatic heterocycles. The van der Waals surface area contributed by atoms with Gasteiger partial charge in [-0.1, -0.05) is 38.0 Å². The van der Waals surface area contributed by atoms with E-state index >= 15 is 0 Å². The Morgan fingerprint density at radius 1 is 1.11 bits per heavy atom. The molecular formula is C14H20F3N. The molecule has 102 valence electrons. The smallest absolute Gasteiger partial charge is 0.302 e. The molecule has 1 aromatic carbocycles. The largest absolute Gasteiger partial charge is 0.416 e. The van der Waals surface area contributed by atoms with Gasteiger partial charge in [0.2, 0.25) is 0 Å². The van der Waals surface area contributed by atoms with Crippen molar-refractivity contribution in [2.45, 2.75) is 38.9 Å². The Hall–Kier alpha value is -1.03. The predicted molar refractivity (Wildman–Crippen MR) is 67.3 cm³/mol. The summed E-state index contributed by atoms with van der Waals surface area (Å²) in [5.41, 5.74) is -0.170. The third-order valence-corrected chi connectivity index (χ3v) is 2.91. The standard InChI is InChI=1S/C14H20F3N/c1-3-4-7-10-18(2)11-12-8-5-6-9-13(12)14(15,16)17/h5-6,8-9H,3-4,7,10-11H2,1-2H3. The lowest BCUT2D eigenvalue weighted by Crippen LogP contribution is -2.21. The first-order valence-corrected chi connectivity index (χ1v) is 6.28. The normalized spacial score (nSPS) is 12.1. The van der Waals surface area contributed by atoms with Crippen molar-refractivity contribution in [1.29, 1.82) is 0 Å². The number of alkyl halides is 3. The molecule has 0 saturated heterocycles. The topological polar surface area (TPSA) is 3.24 Å². The Balaban J connectivity index is 2.66. The second-order valence-corrected chi connectivity index (χ2v) is 4.60. The lowest BCUT2D eigenvalue weighted by molar-refractivity contribution is -0.138. The minimum Gasteiger partial charge on any atom is -0.302 e. The summed E-state index contributed by atoms with van der Waals surface area (Å²) in [6, 6.07) is 5.79. The van der Waals surface area contributed by atoms with Crippen molar-refractivity contribution in [3.05, 3.63) is 35.4 Å². The van der Waals surface area contributed by atoms with Gasteiger partial charge in [0, 0.05) is 6.54 Å². The molecule has 0 spiro atoms. The van der Waals surface area contributed by atoms with Crippen molar-refractivity contribution >= 4 is 0 Å². The quantitative estimate of drug-likeness (QED) is 0.687. The summed E-state index contributed by atoms with van der Waals surface area (Å²) in [4.78, 5) is 1.94. The minimum absolute atomic E-state index is 0.347. The Labute approximate surface area is 107 Å². The van der Waals surface area contributed by atoms with Gasteiger partial charge in [-0.3, -0.25) is 0 Å². The van der Waals surface area contributed by atoms with E-state index in [2.05, 4.69) is 6.92 Å². The molecule has 0 amide bonds. The van der Waals surface area contributed by atoms with Crippen LogP contribution in [0.15, 0.2) is 24.3 Å². The fraction of sp³-hybridized carbons (Fsp3) is 0.571. The van der Waals surface area contributed by atoms with Crippen molar-refractivity contribution < 1.29 is 13.2 Å². The number of rotatable bonds is 6. The lowest BCUT2D eigenvalue weighted by atomic mass is 10.1. The number of hydrogen-bond donors (Lipinski definition) is 0. The van der Waals surface area contributed by atoms with Crippen LogP contribution in [0.1, 0.15) is 37.3 Å². The first kappa shape index (κ1) is 15.0. The van der Waals surface area contributed by atoms with Gasteiger partial charge in [-0.25, -0.2) is 0 Å². The third kappa shape index (κ3) is 4.69. The Kier molecular flexibility index (Phi) is 5.66. The summed E-state index contributed by atoms with van der Waals surface area (Å²) in [5, 5.41) is 0. The molecule has 4 heteroatoms. The highest BCUT2D eigenvalue weighted by Crippen LogP contribution is 2.32. The Morgan fingerprint density at radius 2 is 1.78 bits per heavy atom. The summed E-state index contributed by atoms with van der Waals surface area (Å²) in [5.74, 6) is 0. The predicted octanol–water partition coefficient (Wildman–Crippen LogP) is 4.33. The van der Waals surface area contributed by atoms with Crippen LogP contribution in [0.25, 0.3) is 0 Å². The highest BCUT2D eigenvalue weighted by molar-refractivity contribution is 5.29. The molecule has 0 atom stereocenters. The van der Waals surface area contributed by atoms with Crippen LogP contribution in [-0.2, 0) is 12.7 Å². The van der Waals surface area contributed by atoms with Gasteiger partial charge in [0.15, 0.2) is 0 Å². The Morgan fingerprint density at radius 3 is 2.39 bits per heavy atom. The van der Waals surface area contributed by atoms with Gasteiger partial charge in [-0.15, -0.1) is 0 Å². The maximum Gasteiger partial charge on any atom is 0.416 e. The molecule has 0 saturated carbocycles. The molecule has 0 aliphatic carbocycles. The molecular weight excluding hydrogens is 239 g/mol. The van der Waals surface area contributed by atoms with Crippen molar-refractivity contribution in [2.75, 3.05) is 13.6 Å². The van der Waals surface area contributed by atoms with Gasteiger partial charge >= 0.3 is 6.18 Å². The lowest BCUT2D eigenvalue weighted by Gasteiger charge is -2.19. The molecule has 0 aliphatic heterocycles. The molecule has 1 nitrogen and oxygen atoms in total. The summed E-state index contributed by atoms with van der Waals surface area (Å²) in [6.07, 6.45) is -1.000. The van der Waals surface area contributed by atoms with Crippen LogP contribution >= 0.6 is 0 Å².